The molecule has 94 valence electrons. The van der Waals surface area contributed by atoms with Gasteiger partial charge in [-0.15, -0.1) is 6.58 Å². The zero-order valence-corrected chi connectivity index (χ0v) is 10.7. The van der Waals surface area contributed by atoms with Crippen molar-refractivity contribution in [3.8, 4) is 0 Å². The lowest BCUT2D eigenvalue weighted by atomic mass is 10.3. The van der Waals surface area contributed by atoms with Gasteiger partial charge < -0.3 is 5.32 Å². The summed E-state index contributed by atoms with van der Waals surface area (Å²) in [5.41, 5.74) is 0. The van der Waals surface area contributed by atoms with Crippen LogP contribution in [0.2, 0.25) is 0 Å². The molecule has 0 aromatic heterocycles. The molecule has 0 saturated carbocycles. The third kappa shape index (κ3) is 6.58. The van der Waals surface area contributed by atoms with Gasteiger partial charge in [0.15, 0.2) is 0 Å². The lowest BCUT2D eigenvalue weighted by Crippen LogP contribution is -2.40. The summed E-state index contributed by atoms with van der Waals surface area (Å²) < 4.78 is 23.7. The molecule has 6 heteroatoms. The number of hydrogen-bond acceptors (Lipinski definition) is 3. The van der Waals surface area contributed by atoms with E-state index in [1.54, 1.807) is 0 Å². The Balaban J connectivity index is 4.19. The average Bonchev–Trinajstić information content (AvgIpc) is 2.16. The van der Waals surface area contributed by atoms with Gasteiger partial charge in [0.1, 0.15) is 0 Å². The fourth-order valence-electron chi connectivity index (χ4n) is 1.08. The summed E-state index contributed by atoms with van der Waals surface area (Å²) in [5.74, 6) is -0.277. The van der Waals surface area contributed by atoms with Gasteiger partial charge in [-0.25, -0.2) is 8.42 Å². The van der Waals surface area contributed by atoms with Crippen LogP contribution in [0.3, 0.4) is 0 Å². The molecule has 0 aliphatic heterocycles. The maximum atomic E-state index is 11.4. The first-order valence-corrected chi connectivity index (χ1v) is 7.09. The number of sulfonamides is 1. The topological polar surface area (TPSA) is 66.5 Å². The van der Waals surface area contributed by atoms with Crippen LogP contribution in [0.25, 0.3) is 0 Å². The maximum absolute atomic E-state index is 11.4. The second-order valence-electron chi connectivity index (χ2n) is 3.55. The number of hydrogen-bond donors (Lipinski definition) is 1. The molecule has 0 aliphatic rings. The van der Waals surface area contributed by atoms with Crippen LogP contribution in [-0.2, 0) is 14.8 Å². The molecular weight excluding hydrogens is 228 g/mol. The molecule has 0 radical (unpaired) electrons. The summed E-state index contributed by atoms with van der Waals surface area (Å²) in [6, 6.07) is 0. The highest BCUT2D eigenvalue weighted by molar-refractivity contribution is 7.88. The minimum Gasteiger partial charge on any atom is -0.355 e. The first kappa shape index (κ1) is 15.1. The lowest BCUT2D eigenvalue weighted by Gasteiger charge is -2.17. The van der Waals surface area contributed by atoms with E-state index in [2.05, 4.69) is 11.9 Å². The molecule has 0 rings (SSSR count). The Morgan fingerprint density at radius 2 is 2.12 bits per heavy atom. The van der Waals surface area contributed by atoms with Crippen LogP contribution >= 0.6 is 0 Å². The molecule has 16 heavy (non-hydrogen) atoms. The van der Waals surface area contributed by atoms with Gasteiger partial charge in [-0.1, -0.05) is 19.4 Å². The zero-order chi connectivity index (χ0) is 12.6. The van der Waals surface area contributed by atoms with Crippen molar-refractivity contribution in [3.63, 3.8) is 0 Å². The summed E-state index contributed by atoms with van der Waals surface area (Å²) in [7, 11) is -3.35. The van der Waals surface area contributed by atoms with Crippen LogP contribution < -0.4 is 5.32 Å². The quantitative estimate of drug-likeness (QED) is 0.498. The molecule has 0 heterocycles. The van der Waals surface area contributed by atoms with Crippen LogP contribution in [0.5, 0.6) is 0 Å². The van der Waals surface area contributed by atoms with Gasteiger partial charge in [-0.2, -0.15) is 4.31 Å². The molecule has 5 nitrogen and oxygen atoms in total. The Labute approximate surface area is 97.6 Å². The van der Waals surface area contributed by atoms with Gasteiger partial charge in [0.25, 0.3) is 0 Å². The minimum absolute atomic E-state index is 0.144. The smallest absolute Gasteiger partial charge is 0.235 e. The Kier molecular flexibility index (Phi) is 7.00. The Bertz CT molecular complexity index is 325. The summed E-state index contributed by atoms with van der Waals surface area (Å²) in [4.78, 5) is 11.4. The van der Waals surface area contributed by atoms with Crippen molar-refractivity contribution in [2.24, 2.45) is 0 Å². The molecule has 0 aromatic rings. The van der Waals surface area contributed by atoms with Crippen molar-refractivity contribution in [2.45, 2.75) is 19.8 Å². The molecular formula is C10H20N2O3S. The maximum Gasteiger partial charge on any atom is 0.235 e. The number of carbonyl (C=O) groups is 1. The molecule has 1 N–H and O–H groups in total. The number of carbonyl (C=O) groups excluding carboxylic acids is 1. The fraction of sp³-hybridized carbons (Fsp3) is 0.700. The largest absolute Gasteiger partial charge is 0.355 e. The molecule has 0 bridgehead atoms. The van der Waals surface area contributed by atoms with E-state index in [-0.39, 0.29) is 19.0 Å². The second kappa shape index (κ2) is 7.40. The molecule has 0 aliphatic carbocycles. The van der Waals surface area contributed by atoms with E-state index in [9.17, 15) is 13.2 Å². The van der Waals surface area contributed by atoms with E-state index < -0.39 is 10.0 Å². The number of nitrogens with zero attached hydrogens (tertiary/aromatic N) is 1. The fourth-order valence-corrected chi connectivity index (χ4v) is 1.81. The number of nitrogens with one attached hydrogen (secondary N) is 1. The highest BCUT2D eigenvalue weighted by Crippen LogP contribution is 1.97. The van der Waals surface area contributed by atoms with E-state index in [0.29, 0.717) is 6.54 Å². The standard InChI is InChI=1S/C10H20N2O3S/c1-4-6-7-11-10(13)9-12(8-5-2)16(3,14)15/h5H,2,4,6-9H2,1,3H3,(H,11,13). The molecule has 1 amide bonds. The van der Waals surface area contributed by atoms with Crippen molar-refractivity contribution in [1.29, 1.82) is 0 Å². The Morgan fingerprint density at radius 3 is 2.56 bits per heavy atom. The van der Waals surface area contributed by atoms with Crippen LogP contribution in [0.1, 0.15) is 19.8 Å². The number of rotatable bonds is 8. The zero-order valence-electron chi connectivity index (χ0n) is 9.90. The third-order valence-electron chi connectivity index (χ3n) is 1.97. The average molecular weight is 248 g/mol. The van der Waals surface area contributed by atoms with Gasteiger partial charge in [0, 0.05) is 13.1 Å². The van der Waals surface area contributed by atoms with Crippen molar-refractivity contribution in [2.75, 3.05) is 25.9 Å². The Hall–Kier alpha value is -0.880. The van der Waals surface area contributed by atoms with Crippen LogP contribution in [0, 0.1) is 0 Å². The van der Waals surface area contributed by atoms with Gasteiger partial charge in [-0.3, -0.25) is 4.79 Å². The van der Waals surface area contributed by atoms with Crippen LogP contribution in [0.15, 0.2) is 12.7 Å². The Morgan fingerprint density at radius 1 is 1.50 bits per heavy atom. The number of unbranched alkanes of at least 4 members (excludes halogenated alkanes) is 1. The van der Waals surface area contributed by atoms with Gasteiger partial charge >= 0.3 is 0 Å². The summed E-state index contributed by atoms with van der Waals surface area (Å²) in [6.45, 7) is 6.07. The summed E-state index contributed by atoms with van der Waals surface area (Å²) >= 11 is 0. The van der Waals surface area contributed by atoms with Gasteiger partial charge in [-0.05, 0) is 6.42 Å². The SMILES string of the molecule is C=CCN(CC(=O)NCCCC)S(C)(=O)=O. The van der Waals surface area contributed by atoms with Crippen molar-refractivity contribution in [3.05, 3.63) is 12.7 Å². The van der Waals surface area contributed by atoms with E-state index in [1.807, 2.05) is 6.92 Å². The highest BCUT2D eigenvalue weighted by atomic mass is 32.2. The monoisotopic (exact) mass is 248 g/mol. The number of amides is 1. The van der Waals surface area contributed by atoms with E-state index in [4.69, 9.17) is 0 Å². The molecule has 0 aromatic carbocycles. The minimum atomic E-state index is -3.35. The van der Waals surface area contributed by atoms with E-state index >= 15 is 0 Å². The third-order valence-corrected chi connectivity index (χ3v) is 3.19. The normalized spacial score (nSPS) is 11.4. The summed E-state index contributed by atoms with van der Waals surface area (Å²) in [5, 5.41) is 2.67. The first-order valence-electron chi connectivity index (χ1n) is 5.24. The van der Waals surface area contributed by atoms with Crippen molar-refractivity contribution in [1.82, 2.24) is 9.62 Å². The second-order valence-corrected chi connectivity index (χ2v) is 5.53. The van der Waals surface area contributed by atoms with Gasteiger partial charge in [0.05, 0.1) is 12.8 Å². The van der Waals surface area contributed by atoms with Gasteiger partial charge in [0.2, 0.25) is 15.9 Å². The predicted molar refractivity (Wildman–Crippen MR) is 64.5 cm³/mol. The molecule has 0 fully saturated rings. The molecule has 0 unspecified atom stereocenters. The molecule has 0 spiro atoms. The molecule has 0 atom stereocenters. The highest BCUT2D eigenvalue weighted by Gasteiger charge is 2.18. The first-order chi connectivity index (χ1) is 7.41. The van der Waals surface area contributed by atoms with Crippen molar-refractivity contribution < 1.29 is 13.2 Å². The van der Waals surface area contributed by atoms with Crippen molar-refractivity contribution >= 4 is 15.9 Å². The molecule has 0 saturated heterocycles. The lowest BCUT2D eigenvalue weighted by molar-refractivity contribution is -0.121. The van der Waals surface area contributed by atoms with Crippen LogP contribution in [-0.4, -0.2) is 44.5 Å². The summed E-state index contributed by atoms with van der Waals surface area (Å²) in [6.07, 6.45) is 4.42. The van der Waals surface area contributed by atoms with Crippen LogP contribution in [0.4, 0.5) is 0 Å². The van der Waals surface area contributed by atoms with E-state index in [0.717, 1.165) is 23.4 Å². The predicted octanol–water partition coefficient (Wildman–Crippen LogP) is 0.350. The van der Waals surface area contributed by atoms with E-state index in [1.165, 1.54) is 6.08 Å².